The summed E-state index contributed by atoms with van der Waals surface area (Å²) in [6.45, 7) is 3.95. The van der Waals surface area contributed by atoms with E-state index in [0.29, 0.717) is 5.75 Å². The van der Waals surface area contributed by atoms with E-state index in [1.54, 1.807) is 0 Å². The van der Waals surface area contributed by atoms with Crippen molar-refractivity contribution in [2.24, 2.45) is 0 Å². The number of hydrogen-bond donors (Lipinski definition) is 1. The number of ether oxygens (including phenoxy) is 1. The van der Waals surface area contributed by atoms with Crippen molar-refractivity contribution in [3.8, 4) is 5.75 Å². The fourth-order valence-electron chi connectivity index (χ4n) is 2.33. The van der Waals surface area contributed by atoms with Gasteiger partial charge in [-0.3, -0.25) is 4.79 Å². The summed E-state index contributed by atoms with van der Waals surface area (Å²) in [6, 6.07) is 10.5. The number of hydrogen-bond acceptors (Lipinski definition) is 2. The lowest BCUT2D eigenvalue weighted by atomic mass is 10.1. The average Bonchev–Trinajstić information content (AvgIpc) is 2.45. The summed E-state index contributed by atoms with van der Waals surface area (Å²) in [5.41, 5.74) is 0.956. The zero-order valence-electron chi connectivity index (χ0n) is 13.4. The molecule has 0 aliphatic carbocycles. The number of nitrogens with one attached hydrogen (secondary N) is 1. The van der Waals surface area contributed by atoms with E-state index < -0.39 is 17.6 Å². The standard InChI is InChI=1S/C18H18F3NO2/c1-12-9-13(2)11-14(10-12)24-8-7-17(23)22-16-6-4-3-5-15(16)18(19,20)21/h3-6,9-11H,7-8H2,1-2H3,(H,22,23). The molecule has 1 amide bonds. The lowest BCUT2D eigenvalue weighted by Crippen LogP contribution is -2.18. The van der Waals surface area contributed by atoms with Gasteiger partial charge in [0.05, 0.1) is 24.3 Å². The highest BCUT2D eigenvalue weighted by Gasteiger charge is 2.33. The van der Waals surface area contributed by atoms with Crippen LogP contribution in [0.3, 0.4) is 0 Å². The van der Waals surface area contributed by atoms with Crippen molar-refractivity contribution in [2.45, 2.75) is 26.4 Å². The van der Waals surface area contributed by atoms with E-state index in [2.05, 4.69) is 5.32 Å². The molecule has 2 rings (SSSR count). The van der Waals surface area contributed by atoms with E-state index >= 15 is 0 Å². The maximum Gasteiger partial charge on any atom is 0.418 e. The summed E-state index contributed by atoms with van der Waals surface area (Å²) in [7, 11) is 0. The largest absolute Gasteiger partial charge is 0.493 e. The van der Waals surface area contributed by atoms with Crippen molar-refractivity contribution in [3.63, 3.8) is 0 Å². The molecule has 0 aromatic heterocycles. The number of aryl methyl sites for hydroxylation is 2. The Hall–Kier alpha value is -2.50. The number of amides is 1. The molecule has 0 fully saturated rings. The van der Waals surface area contributed by atoms with Crippen molar-refractivity contribution in [3.05, 3.63) is 59.2 Å². The van der Waals surface area contributed by atoms with Gasteiger partial charge in [0, 0.05) is 0 Å². The molecule has 0 atom stereocenters. The number of anilines is 1. The molecule has 0 aliphatic rings. The minimum atomic E-state index is -4.51. The van der Waals surface area contributed by atoms with Gasteiger partial charge in [-0.25, -0.2) is 0 Å². The van der Waals surface area contributed by atoms with E-state index in [0.717, 1.165) is 17.2 Å². The SMILES string of the molecule is Cc1cc(C)cc(OCCC(=O)Nc2ccccc2C(F)(F)F)c1. The first-order chi connectivity index (χ1) is 11.3. The average molecular weight is 337 g/mol. The molecule has 0 saturated carbocycles. The van der Waals surface area contributed by atoms with Gasteiger partial charge in [0.25, 0.3) is 0 Å². The number of rotatable bonds is 5. The summed E-state index contributed by atoms with van der Waals surface area (Å²) in [5.74, 6) is 0.104. The first-order valence-corrected chi connectivity index (χ1v) is 7.43. The van der Waals surface area contributed by atoms with Gasteiger partial charge >= 0.3 is 6.18 Å². The Balaban J connectivity index is 1.92. The first kappa shape index (κ1) is 17.8. The van der Waals surface area contributed by atoms with Gasteiger partial charge in [0.2, 0.25) is 5.91 Å². The van der Waals surface area contributed by atoms with Gasteiger partial charge in [-0.1, -0.05) is 18.2 Å². The monoisotopic (exact) mass is 337 g/mol. The summed E-state index contributed by atoms with van der Waals surface area (Å²) in [6.07, 6.45) is -4.56. The highest BCUT2D eigenvalue weighted by molar-refractivity contribution is 5.91. The van der Waals surface area contributed by atoms with Crippen LogP contribution in [0.25, 0.3) is 0 Å². The minimum absolute atomic E-state index is 0.0425. The highest BCUT2D eigenvalue weighted by Crippen LogP contribution is 2.34. The molecule has 3 nitrogen and oxygen atoms in total. The molecule has 24 heavy (non-hydrogen) atoms. The van der Waals surface area contributed by atoms with Crippen molar-refractivity contribution in [1.82, 2.24) is 0 Å². The fourth-order valence-corrected chi connectivity index (χ4v) is 2.33. The second kappa shape index (κ2) is 7.38. The Kier molecular flexibility index (Phi) is 5.49. The third-order valence-electron chi connectivity index (χ3n) is 3.30. The normalized spacial score (nSPS) is 11.2. The molecule has 6 heteroatoms. The molecule has 0 bridgehead atoms. The molecule has 0 spiro atoms. The van der Waals surface area contributed by atoms with Gasteiger partial charge in [-0.05, 0) is 49.2 Å². The van der Waals surface area contributed by atoms with E-state index in [-0.39, 0.29) is 18.7 Å². The van der Waals surface area contributed by atoms with Crippen LogP contribution in [-0.4, -0.2) is 12.5 Å². The van der Waals surface area contributed by atoms with Gasteiger partial charge in [-0.15, -0.1) is 0 Å². The van der Waals surface area contributed by atoms with Gasteiger partial charge in [-0.2, -0.15) is 13.2 Å². The van der Waals surface area contributed by atoms with Crippen LogP contribution in [0.15, 0.2) is 42.5 Å². The number of benzene rings is 2. The van der Waals surface area contributed by atoms with Crippen molar-refractivity contribution in [2.75, 3.05) is 11.9 Å². The molecular weight excluding hydrogens is 319 g/mol. The lowest BCUT2D eigenvalue weighted by molar-refractivity contribution is -0.137. The van der Waals surface area contributed by atoms with E-state index in [1.165, 1.54) is 18.2 Å². The number of alkyl halides is 3. The van der Waals surface area contributed by atoms with Crippen molar-refractivity contribution >= 4 is 11.6 Å². The van der Waals surface area contributed by atoms with Gasteiger partial charge < -0.3 is 10.1 Å². The molecule has 2 aromatic rings. The topological polar surface area (TPSA) is 38.3 Å². The molecular formula is C18H18F3NO2. The third-order valence-corrected chi connectivity index (χ3v) is 3.30. The minimum Gasteiger partial charge on any atom is -0.493 e. The molecule has 0 radical (unpaired) electrons. The molecule has 2 aromatic carbocycles. The summed E-state index contributed by atoms with van der Waals surface area (Å²) < 4.78 is 44.1. The Labute approximate surface area is 138 Å². The van der Waals surface area contributed by atoms with Crippen LogP contribution >= 0.6 is 0 Å². The molecule has 0 saturated heterocycles. The van der Waals surface area contributed by atoms with Crippen molar-refractivity contribution in [1.29, 1.82) is 0 Å². The number of para-hydroxylation sites is 1. The first-order valence-electron chi connectivity index (χ1n) is 7.43. The maximum absolute atomic E-state index is 12.9. The Morgan fingerprint density at radius 2 is 1.71 bits per heavy atom. The lowest BCUT2D eigenvalue weighted by Gasteiger charge is -2.13. The van der Waals surface area contributed by atoms with Crippen LogP contribution in [0.5, 0.6) is 5.75 Å². The quantitative estimate of drug-likeness (QED) is 0.856. The van der Waals surface area contributed by atoms with E-state index in [1.807, 2.05) is 32.0 Å². The Morgan fingerprint density at radius 3 is 2.33 bits per heavy atom. The van der Waals surface area contributed by atoms with Gasteiger partial charge in [0.15, 0.2) is 0 Å². The van der Waals surface area contributed by atoms with Gasteiger partial charge in [0.1, 0.15) is 5.75 Å². The number of halogens is 3. The van der Waals surface area contributed by atoms with Crippen LogP contribution in [-0.2, 0) is 11.0 Å². The Bertz CT molecular complexity index is 706. The van der Waals surface area contributed by atoms with Crippen molar-refractivity contribution < 1.29 is 22.7 Å². The maximum atomic E-state index is 12.9. The van der Waals surface area contributed by atoms with Crippen LogP contribution < -0.4 is 10.1 Å². The van der Waals surface area contributed by atoms with Crippen LogP contribution in [0.4, 0.5) is 18.9 Å². The van der Waals surface area contributed by atoms with E-state index in [9.17, 15) is 18.0 Å². The molecule has 0 aliphatic heterocycles. The zero-order valence-corrected chi connectivity index (χ0v) is 13.4. The predicted octanol–water partition coefficient (Wildman–Crippen LogP) is 4.73. The van der Waals surface area contributed by atoms with Crippen LogP contribution in [0.2, 0.25) is 0 Å². The fraction of sp³-hybridized carbons (Fsp3) is 0.278. The third kappa shape index (κ3) is 5.01. The van der Waals surface area contributed by atoms with E-state index in [4.69, 9.17) is 4.74 Å². The summed E-state index contributed by atoms with van der Waals surface area (Å²) in [5, 5.41) is 2.29. The molecule has 0 heterocycles. The second-order valence-electron chi connectivity index (χ2n) is 5.51. The predicted molar refractivity (Wildman–Crippen MR) is 86.1 cm³/mol. The summed E-state index contributed by atoms with van der Waals surface area (Å²) in [4.78, 5) is 11.9. The highest BCUT2D eigenvalue weighted by atomic mass is 19.4. The molecule has 0 unspecified atom stereocenters. The summed E-state index contributed by atoms with van der Waals surface area (Å²) >= 11 is 0. The smallest absolute Gasteiger partial charge is 0.418 e. The molecule has 1 N–H and O–H groups in total. The number of carbonyl (C=O) groups excluding carboxylic acids is 1. The van der Waals surface area contributed by atoms with Crippen LogP contribution in [0.1, 0.15) is 23.1 Å². The zero-order chi connectivity index (χ0) is 17.7. The molecule has 128 valence electrons. The Morgan fingerprint density at radius 1 is 1.08 bits per heavy atom. The second-order valence-corrected chi connectivity index (χ2v) is 5.51. The number of carbonyl (C=O) groups is 1. The van der Waals surface area contributed by atoms with Crippen LogP contribution in [0, 0.1) is 13.8 Å².